The lowest BCUT2D eigenvalue weighted by Gasteiger charge is -2.15. The maximum absolute atomic E-state index is 12.8. The fraction of sp³-hybridized carbons (Fsp3) is 0.172. The van der Waals surface area contributed by atoms with Crippen LogP contribution in [0, 0.1) is 0 Å². The minimum Gasteiger partial charge on any atom is -0.493 e. The van der Waals surface area contributed by atoms with Gasteiger partial charge in [0.15, 0.2) is 0 Å². The summed E-state index contributed by atoms with van der Waals surface area (Å²) in [6, 6.07) is 29.5. The van der Waals surface area contributed by atoms with Gasteiger partial charge in [-0.15, -0.1) is 0 Å². The van der Waals surface area contributed by atoms with E-state index in [0.717, 1.165) is 22.1 Å². The predicted molar refractivity (Wildman–Crippen MR) is 133 cm³/mol. The Morgan fingerprint density at radius 3 is 2.21 bits per heavy atom. The Labute approximate surface area is 199 Å². The summed E-state index contributed by atoms with van der Waals surface area (Å²) in [6.45, 7) is 2.69. The minimum absolute atomic E-state index is 0.220. The first-order chi connectivity index (χ1) is 16.5. The van der Waals surface area contributed by atoms with Gasteiger partial charge < -0.3 is 15.2 Å². The molecule has 4 aromatic carbocycles. The third-order valence-corrected chi connectivity index (χ3v) is 5.83. The second kappa shape index (κ2) is 10.7. The first kappa shape index (κ1) is 23.1. The second-order valence-corrected chi connectivity index (χ2v) is 8.40. The molecule has 172 valence electrons. The fourth-order valence-electron chi connectivity index (χ4n) is 3.85. The van der Waals surface area contributed by atoms with Gasteiger partial charge in [-0.2, -0.15) is 0 Å². The highest BCUT2D eigenvalue weighted by Crippen LogP contribution is 2.24. The molecule has 0 saturated carbocycles. The molecule has 4 aromatic rings. The second-order valence-electron chi connectivity index (χ2n) is 8.40. The van der Waals surface area contributed by atoms with E-state index in [4.69, 9.17) is 4.74 Å². The molecule has 0 spiro atoms. The van der Waals surface area contributed by atoms with Crippen LogP contribution in [0.5, 0.6) is 5.75 Å². The Kier molecular flexibility index (Phi) is 7.23. The Morgan fingerprint density at radius 2 is 1.50 bits per heavy atom. The lowest BCUT2D eigenvalue weighted by atomic mass is 10.0. The number of hydrogen-bond donors (Lipinski definition) is 2. The summed E-state index contributed by atoms with van der Waals surface area (Å²) in [6.07, 6.45) is 0.220. The van der Waals surface area contributed by atoms with E-state index in [-0.39, 0.29) is 12.3 Å². The molecule has 0 aliphatic heterocycles. The van der Waals surface area contributed by atoms with Gasteiger partial charge in [-0.3, -0.25) is 4.79 Å². The summed E-state index contributed by atoms with van der Waals surface area (Å²) >= 11 is 0. The maximum Gasteiger partial charge on any atom is 0.326 e. The lowest BCUT2D eigenvalue weighted by Crippen LogP contribution is -2.42. The number of nitrogens with one attached hydrogen (secondary N) is 1. The van der Waals surface area contributed by atoms with Crippen LogP contribution in [-0.2, 0) is 11.2 Å². The number of carbonyl (C=O) groups excluding carboxylic acids is 1. The van der Waals surface area contributed by atoms with Crippen LogP contribution in [0.4, 0.5) is 0 Å². The minimum atomic E-state index is -1.07. The highest BCUT2D eigenvalue weighted by Gasteiger charge is 2.21. The van der Waals surface area contributed by atoms with E-state index in [1.807, 2.05) is 72.8 Å². The number of rotatable bonds is 9. The van der Waals surface area contributed by atoms with E-state index < -0.39 is 17.9 Å². The van der Waals surface area contributed by atoms with Gasteiger partial charge in [-0.05, 0) is 46.2 Å². The summed E-state index contributed by atoms with van der Waals surface area (Å²) in [5.74, 6) is -0.450. The molecule has 0 saturated heterocycles. The van der Waals surface area contributed by atoms with Gasteiger partial charge in [0.05, 0.1) is 6.61 Å². The van der Waals surface area contributed by atoms with Gasteiger partial charge in [0.25, 0.3) is 5.91 Å². The van der Waals surface area contributed by atoms with Gasteiger partial charge in [-0.1, -0.05) is 79.7 Å². The molecule has 0 aliphatic rings. The molecule has 0 aromatic heterocycles. The van der Waals surface area contributed by atoms with Gasteiger partial charge in [0, 0.05) is 17.9 Å². The third-order valence-electron chi connectivity index (χ3n) is 5.83. The maximum atomic E-state index is 12.8. The van der Waals surface area contributed by atoms with E-state index in [9.17, 15) is 14.7 Å². The molecule has 2 N–H and O–H groups in total. The van der Waals surface area contributed by atoms with Crippen LogP contribution in [0.1, 0.15) is 34.3 Å². The smallest absolute Gasteiger partial charge is 0.326 e. The Bertz CT molecular complexity index is 1270. The number of amides is 1. The molecule has 0 fully saturated rings. The monoisotopic (exact) mass is 453 g/mol. The quantitative estimate of drug-likeness (QED) is 0.353. The molecule has 5 nitrogen and oxygen atoms in total. The van der Waals surface area contributed by atoms with Crippen molar-refractivity contribution in [1.82, 2.24) is 5.32 Å². The first-order valence-corrected chi connectivity index (χ1v) is 11.3. The summed E-state index contributed by atoms with van der Waals surface area (Å²) in [5.41, 5.74) is 2.49. The lowest BCUT2D eigenvalue weighted by molar-refractivity contribution is -0.139. The number of fused-ring (bicyclic) bond motifs is 1. The average Bonchev–Trinajstić information content (AvgIpc) is 2.87. The summed E-state index contributed by atoms with van der Waals surface area (Å²) < 4.78 is 6.00. The topological polar surface area (TPSA) is 75.6 Å². The molecule has 0 radical (unpaired) electrons. The van der Waals surface area contributed by atoms with Crippen LogP contribution in [-0.4, -0.2) is 29.6 Å². The van der Waals surface area contributed by atoms with Crippen molar-refractivity contribution in [1.29, 1.82) is 0 Å². The Balaban J connectivity index is 1.42. The van der Waals surface area contributed by atoms with E-state index in [2.05, 4.69) is 24.4 Å². The van der Waals surface area contributed by atoms with E-state index in [1.165, 1.54) is 5.56 Å². The van der Waals surface area contributed by atoms with Crippen LogP contribution in [0.15, 0.2) is 97.1 Å². The largest absolute Gasteiger partial charge is 0.493 e. The number of aliphatic carboxylic acids is 1. The molecule has 0 heterocycles. The van der Waals surface area contributed by atoms with Crippen molar-refractivity contribution in [3.05, 3.63) is 114 Å². The van der Waals surface area contributed by atoms with E-state index >= 15 is 0 Å². The molecule has 0 aliphatic carbocycles. The molecule has 4 rings (SSSR count). The van der Waals surface area contributed by atoms with Crippen molar-refractivity contribution in [2.75, 3.05) is 6.61 Å². The molecule has 2 atom stereocenters. The van der Waals surface area contributed by atoms with Crippen molar-refractivity contribution in [2.45, 2.75) is 25.3 Å². The van der Waals surface area contributed by atoms with Crippen LogP contribution >= 0.6 is 0 Å². The van der Waals surface area contributed by atoms with Crippen molar-refractivity contribution in [3.8, 4) is 5.75 Å². The van der Waals surface area contributed by atoms with Gasteiger partial charge >= 0.3 is 5.97 Å². The van der Waals surface area contributed by atoms with Crippen LogP contribution in [0.25, 0.3) is 10.8 Å². The molecule has 2 unspecified atom stereocenters. The van der Waals surface area contributed by atoms with Crippen molar-refractivity contribution >= 4 is 22.6 Å². The molecule has 0 bridgehead atoms. The van der Waals surface area contributed by atoms with Crippen LogP contribution in [0.3, 0.4) is 0 Å². The SMILES string of the molecule is CC(COc1ccc2cc(C(=O)NC(Cc3ccccc3)C(=O)O)ccc2c1)c1ccccc1. The highest BCUT2D eigenvalue weighted by atomic mass is 16.5. The van der Waals surface area contributed by atoms with E-state index in [0.29, 0.717) is 12.2 Å². The van der Waals surface area contributed by atoms with Crippen LogP contribution < -0.4 is 10.1 Å². The number of benzene rings is 4. The molecule has 1 amide bonds. The number of carboxylic acids is 1. The fourth-order valence-corrected chi connectivity index (χ4v) is 3.85. The van der Waals surface area contributed by atoms with Gasteiger partial charge in [-0.25, -0.2) is 4.79 Å². The van der Waals surface area contributed by atoms with Crippen molar-refractivity contribution in [3.63, 3.8) is 0 Å². The van der Waals surface area contributed by atoms with Crippen LogP contribution in [0.2, 0.25) is 0 Å². The highest BCUT2D eigenvalue weighted by molar-refractivity contribution is 6.00. The van der Waals surface area contributed by atoms with Gasteiger partial charge in [0.1, 0.15) is 11.8 Å². The zero-order chi connectivity index (χ0) is 23.9. The zero-order valence-corrected chi connectivity index (χ0v) is 19.0. The third kappa shape index (κ3) is 5.81. The predicted octanol–water partition coefficient (Wildman–Crippen LogP) is 5.45. The molecule has 34 heavy (non-hydrogen) atoms. The molecular formula is C29H27NO4. The Morgan fingerprint density at radius 1 is 0.853 bits per heavy atom. The van der Waals surface area contributed by atoms with E-state index in [1.54, 1.807) is 12.1 Å². The number of carbonyl (C=O) groups is 2. The number of hydrogen-bond acceptors (Lipinski definition) is 3. The summed E-state index contributed by atoms with van der Waals surface area (Å²) in [7, 11) is 0. The molecular weight excluding hydrogens is 426 g/mol. The average molecular weight is 454 g/mol. The van der Waals surface area contributed by atoms with Crippen molar-refractivity contribution < 1.29 is 19.4 Å². The standard InChI is InChI=1S/C29H27NO4/c1-20(22-10-6-3-7-11-22)19-34-26-15-14-23-17-25(13-12-24(23)18-26)28(31)30-27(29(32)33)16-21-8-4-2-5-9-21/h2-15,17-18,20,27H,16,19H2,1H3,(H,30,31)(H,32,33). The first-order valence-electron chi connectivity index (χ1n) is 11.3. The zero-order valence-electron chi connectivity index (χ0n) is 19.0. The van der Waals surface area contributed by atoms with Crippen molar-refractivity contribution in [2.24, 2.45) is 0 Å². The normalized spacial score (nSPS) is 12.6. The molecule has 5 heteroatoms. The number of carboxylic acid groups (broad SMARTS) is 1. The van der Waals surface area contributed by atoms with Gasteiger partial charge in [0.2, 0.25) is 0 Å². The summed E-state index contributed by atoms with van der Waals surface area (Å²) in [4.78, 5) is 24.5. The number of ether oxygens (including phenoxy) is 1. The summed E-state index contributed by atoms with van der Waals surface area (Å²) in [5, 5.41) is 14.0. The Hall–Kier alpha value is -4.12.